The Bertz CT molecular complexity index is 532. The van der Waals surface area contributed by atoms with Gasteiger partial charge < -0.3 is 19.6 Å². The van der Waals surface area contributed by atoms with Crippen LogP contribution in [-0.2, 0) is 14.3 Å². The second-order valence-electron chi connectivity index (χ2n) is 8.59. The predicted molar refractivity (Wildman–Crippen MR) is 93.3 cm³/mol. The Balaban J connectivity index is 1.65. The number of carboxylic acid groups (broad SMARTS) is 1. The lowest BCUT2D eigenvalue weighted by atomic mass is 9.81. The molecule has 0 saturated carbocycles. The summed E-state index contributed by atoms with van der Waals surface area (Å²) in [5, 5.41) is 9.85. The minimum absolute atomic E-state index is 0.0124. The molecule has 0 aromatic rings. The molecule has 3 fully saturated rings. The highest BCUT2D eigenvalue weighted by Gasteiger charge is 2.61. The highest BCUT2D eigenvalue weighted by atomic mass is 16.5. The highest BCUT2D eigenvalue weighted by molar-refractivity contribution is 5.92. The van der Waals surface area contributed by atoms with Crippen LogP contribution in [0.4, 0.5) is 0 Å². The van der Waals surface area contributed by atoms with Crippen molar-refractivity contribution in [2.45, 2.75) is 20.8 Å². The summed E-state index contributed by atoms with van der Waals surface area (Å²) in [5.41, 5.74) is -0.884. The molecule has 3 rings (SSSR count). The fraction of sp³-hybridized carbons (Fsp3) is 0.889. The van der Waals surface area contributed by atoms with Crippen molar-refractivity contribution in [1.29, 1.82) is 0 Å². The molecule has 0 aliphatic carbocycles. The molecule has 142 valence electrons. The Kier molecular flexibility index (Phi) is 5.10. The van der Waals surface area contributed by atoms with E-state index in [4.69, 9.17) is 4.74 Å². The summed E-state index contributed by atoms with van der Waals surface area (Å²) in [7, 11) is 0. The van der Waals surface area contributed by atoms with Crippen molar-refractivity contribution in [3.8, 4) is 0 Å². The van der Waals surface area contributed by atoms with Gasteiger partial charge >= 0.3 is 5.97 Å². The molecular formula is C18H31N3O4. The van der Waals surface area contributed by atoms with Crippen LogP contribution in [0.2, 0.25) is 0 Å². The molecule has 0 aromatic carbocycles. The van der Waals surface area contributed by atoms with Crippen molar-refractivity contribution in [3.05, 3.63) is 0 Å². The number of nitrogens with zero attached hydrogens (tertiary/aromatic N) is 3. The van der Waals surface area contributed by atoms with E-state index in [0.717, 1.165) is 39.4 Å². The lowest BCUT2D eigenvalue weighted by molar-refractivity contribution is -0.149. The SMILES string of the molecule is CCN1C[C@]2(C(=O)O)CN(CC(C)(C)CN3CCOCC3)C[C@@H]2C1=O. The van der Waals surface area contributed by atoms with Crippen LogP contribution in [0.25, 0.3) is 0 Å². The van der Waals surface area contributed by atoms with Crippen molar-refractivity contribution in [3.63, 3.8) is 0 Å². The van der Waals surface area contributed by atoms with E-state index in [0.29, 0.717) is 26.2 Å². The van der Waals surface area contributed by atoms with Crippen LogP contribution in [-0.4, -0.2) is 97.3 Å². The van der Waals surface area contributed by atoms with Gasteiger partial charge in [0.15, 0.2) is 0 Å². The molecule has 0 spiro atoms. The number of aliphatic carboxylic acids is 1. The Morgan fingerprint density at radius 2 is 1.88 bits per heavy atom. The quantitative estimate of drug-likeness (QED) is 0.736. The molecule has 7 nitrogen and oxygen atoms in total. The molecule has 7 heteroatoms. The van der Waals surface area contributed by atoms with Gasteiger partial charge in [0.2, 0.25) is 5.91 Å². The van der Waals surface area contributed by atoms with Gasteiger partial charge in [-0.05, 0) is 12.3 Å². The number of likely N-dealkylation sites (tertiary alicyclic amines) is 2. The Morgan fingerprint density at radius 3 is 2.44 bits per heavy atom. The monoisotopic (exact) mass is 353 g/mol. The van der Waals surface area contributed by atoms with Crippen molar-refractivity contribution in [2.24, 2.45) is 16.7 Å². The summed E-state index contributed by atoms with van der Waals surface area (Å²) in [6.45, 7) is 13.6. The van der Waals surface area contributed by atoms with Gasteiger partial charge in [0.1, 0.15) is 5.41 Å². The van der Waals surface area contributed by atoms with E-state index in [1.807, 2.05) is 6.92 Å². The molecule has 0 radical (unpaired) electrons. The number of carboxylic acids is 1. The van der Waals surface area contributed by atoms with Gasteiger partial charge in [-0.25, -0.2) is 0 Å². The minimum atomic E-state index is -0.928. The summed E-state index contributed by atoms with van der Waals surface area (Å²) in [6.07, 6.45) is 0. The van der Waals surface area contributed by atoms with Crippen molar-refractivity contribution >= 4 is 11.9 Å². The van der Waals surface area contributed by atoms with Crippen LogP contribution < -0.4 is 0 Å². The number of hydrogen-bond acceptors (Lipinski definition) is 5. The van der Waals surface area contributed by atoms with Crippen LogP contribution in [0.15, 0.2) is 0 Å². The third kappa shape index (κ3) is 3.55. The van der Waals surface area contributed by atoms with E-state index >= 15 is 0 Å². The average Bonchev–Trinajstić information content (AvgIpc) is 3.02. The van der Waals surface area contributed by atoms with Gasteiger partial charge in [-0.15, -0.1) is 0 Å². The number of hydrogen-bond donors (Lipinski definition) is 1. The Hall–Kier alpha value is -1.18. The number of morpholine rings is 1. The van der Waals surface area contributed by atoms with E-state index in [-0.39, 0.29) is 11.3 Å². The molecule has 3 aliphatic heterocycles. The maximum Gasteiger partial charge on any atom is 0.313 e. The van der Waals surface area contributed by atoms with Crippen molar-refractivity contribution < 1.29 is 19.4 Å². The summed E-state index contributed by atoms with van der Waals surface area (Å²) in [4.78, 5) is 30.9. The summed E-state index contributed by atoms with van der Waals surface area (Å²) >= 11 is 0. The van der Waals surface area contributed by atoms with Crippen LogP contribution in [0.3, 0.4) is 0 Å². The van der Waals surface area contributed by atoms with Crippen LogP contribution >= 0.6 is 0 Å². The van der Waals surface area contributed by atoms with E-state index in [1.165, 1.54) is 0 Å². The first-order chi connectivity index (χ1) is 11.8. The van der Waals surface area contributed by atoms with Gasteiger partial charge in [-0.2, -0.15) is 0 Å². The molecule has 2 atom stereocenters. The number of rotatable bonds is 6. The van der Waals surface area contributed by atoms with E-state index < -0.39 is 17.3 Å². The maximum absolute atomic E-state index is 12.6. The van der Waals surface area contributed by atoms with E-state index in [9.17, 15) is 14.7 Å². The molecule has 0 bridgehead atoms. The summed E-state index contributed by atoms with van der Waals surface area (Å²) < 4.78 is 5.41. The molecular weight excluding hydrogens is 322 g/mol. The molecule has 3 heterocycles. The van der Waals surface area contributed by atoms with Gasteiger partial charge in [0.05, 0.1) is 19.1 Å². The Labute approximate surface area is 149 Å². The van der Waals surface area contributed by atoms with Crippen molar-refractivity contribution in [1.82, 2.24) is 14.7 Å². The highest BCUT2D eigenvalue weighted by Crippen LogP contribution is 2.44. The van der Waals surface area contributed by atoms with Crippen LogP contribution in [0.1, 0.15) is 20.8 Å². The standard InChI is InChI=1S/C18H31N3O4/c1-4-21-13-18(16(23)24)12-20(9-14(18)15(21)22)11-17(2,3)10-19-5-7-25-8-6-19/h14H,4-13H2,1-3H3,(H,23,24)/t14-,18-/m1/s1. The topological polar surface area (TPSA) is 73.3 Å². The summed E-state index contributed by atoms with van der Waals surface area (Å²) in [6, 6.07) is 0. The third-order valence-electron chi connectivity index (χ3n) is 5.91. The van der Waals surface area contributed by atoms with Gasteiger partial charge in [-0.1, -0.05) is 13.8 Å². The molecule has 0 aromatic heterocycles. The zero-order chi connectivity index (χ0) is 18.2. The second kappa shape index (κ2) is 6.85. The van der Waals surface area contributed by atoms with Gasteiger partial charge in [-0.3, -0.25) is 14.5 Å². The first kappa shape index (κ1) is 18.6. The molecule has 3 aliphatic rings. The number of ether oxygens (including phenoxy) is 1. The van der Waals surface area contributed by atoms with Gasteiger partial charge in [0.25, 0.3) is 0 Å². The minimum Gasteiger partial charge on any atom is -0.481 e. The zero-order valence-corrected chi connectivity index (χ0v) is 15.7. The summed E-state index contributed by atoms with van der Waals surface area (Å²) in [5.74, 6) is -1.21. The molecule has 0 unspecified atom stereocenters. The maximum atomic E-state index is 12.6. The van der Waals surface area contributed by atoms with Gasteiger partial charge in [0, 0.05) is 52.4 Å². The fourth-order valence-corrected chi connectivity index (χ4v) is 4.81. The molecule has 25 heavy (non-hydrogen) atoms. The fourth-order valence-electron chi connectivity index (χ4n) is 4.81. The van der Waals surface area contributed by atoms with Crippen molar-refractivity contribution in [2.75, 3.05) is 65.6 Å². The average molecular weight is 353 g/mol. The normalized spacial score (nSPS) is 31.6. The molecule has 1 amide bonds. The lowest BCUT2D eigenvalue weighted by Crippen LogP contribution is -2.47. The first-order valence-corrected chi connectivity index (χ1v) is 9.32. The predicted octanol–water partition coefficient (Wildman–Crippen LogP) is 0.210. The second-order valence-corrected chi connectivity index (χ2v) is 8.59. The Morgan fingerprint density at radius 1 is 1.24 bits per heavy atom. The first-order valence-electron chi connectivity index (χ1n) is 9.32. The van der Waals surface area contributed by atoms with E-state index in [1.54, 1.807) is 4.90 Å². The van der Waals surface area contributed by atoms with E-state index in [2.05, 4.69) is 23.6 Å². The smallest absolute Gasteiger partial charge is 0.313 e. The molecule has 1 N–H and O–H groups in total. The van der Waals surface area contributed by atoms with Crippen LogP contribution in [0.5, 0.6) is 0 Å². The number of fused-ring (bicyclic) bond motifs is 1. The lowest BCUT2D eigenvalue weighted by Gasteiger charge is -2.37. The number of amides is 1. The zero-order valence-electron chi connectivity index (χ0n) is 15.7. The van der Waals surface area contributed by atoms with Crippen LogP contribution in [0, 0.1) is 16.7 Å². The largest absolute Gasteiger partial charge is 0.481 e. The number of carbonyl (C=O) groups excluding carboxylic acids is 1. The molecule has 3 saturated heterocycles. The third-order valence-corrected chi connectivity index (χ3v) is 5.91. The number of carbonyl (C=O) groups is 2.